The quantitative estimate of drug-likeness (QED) is 0.633. The molecule has 2 heterocycles. The van der Waals surface area contributed by atoms with Crippen LogP contribution in [0.3, 0.4) is 0 Å². The van der Waals surface area contributed by atoms with Crippen LogP contribution >= 0.6 is 23.1 Å². The summed E-state index contributed by atoms with van der Waals surface area (Å²) in [6.45, 7) is 3.57. The number of phenols is 1. The maximum absolute atomic E-state index is 11.7. The van der Waals surface area contributed by atoms with Crippen LogP contribution in [0.5, 0.6) is 5.75 Å². The second-order valence-electron chi connectivity index (χ2n) is 5.65. The zero-order chi connectivity index (χ0) is 16.5. The molecule has 8 heteroatoms. The molecule has 0 bridgehead atoms. The van der Waals surface area contributed by atoms with Crippen LogP contribution in [-0.2, 0) is 10.3 Å². The van der Waals surface area contributed by atoms with E-state index in [-0.39, 0.29) is 17.2 Å². The van der Waals surface area contributed by atoms with Crippen LogP contribution in [-0.4, -0.2) is 26.9 Å². The van der Waals surface area contributed by atoms with Gasteiger partial charge >= 0.3 is 0 Å². The van der Waals surface area contributed by atoms with Crippen molar-refractivity contribution in [1.82, 2.24) is 15.6 Å². The van der Waals surface area contributed by atoms with Crippen molar-refractivity contribution in [3.63, 3.8) is 0 Å². The number of aromatic hydroxyl groups is 1. The Balaban J connectivity index is 1.88. The fraction of sp³-hybridized carbons (Fsp3) is 0.333. The van der Waals surface area contributed by atoms with Crippen molar-refractivity contribution >= 4 is 34.7 Å². The van der Waals surface area contributed by atoms with Gasteiger partial charge in [-0.05, 0) is 19.1 Å². The normalized spacial score (nSPS) is 26.9. The van der Waals surface area contributed by atoms with E-state index in [2.05, 4.69) is 27.9 Å². The molecule has 0 aliphatic carbocycles. The second-order valence-corrected chi connectivity index (χ2v) is 7.73. The van der Waals surface area contributed by atoms with Crippen LogP contribution in [0.15, 0.2) is 36.0 Å². The zero-order valence-corrected chi connectivity index (χ0v) is 14.4. The topological polar surface area (TPSA) is 86.3 Å². The highest BCUT2D eigenvalue weighted by Gasteiger charge is 2.48. The molecule has 0 radical (unpaired) electrons. The number of benzene rings is 1. The molecule has 2 unspecified atom stereocenters. The van der Waals surface area contributed by atoms with E-state index >= 15 is 0 Å². The number of nitrogens with one attached hydrogen (secondary N) is 3. The lowest BCUT2D eigenvalue weighted by Gasteiger charge is -2.34. The number of aromatic nitrogens is 1. The number of nitrogens with zero attached hydrogens (tertiary/aromatic N) is 1. The van der Waals surface area contributed by atoms with Crippen molar-refractivity contribution < 1.29 is 9.90 Å². The highest BCUT2D eigenvalue weighted by molar-refractivity contribution is 8.01. The largest absolute Gasteiger partial charge is 0.508 e. The van der Waals surface area contributed by atoms with Crippen LogP contribution in [0, 0.1) is 0 Å². The Morgan fingerprint density at radius 2 is 2.30 bits per heavy atom. The van der Waals surface area contributed by atoms with Gasteiger partial charge in [0.2, 0.25) is 11.0 Å². The third-order valence-electron chi connectivity index (χ3n) is 3.52. The average molecular weight is 350 g/mol. The molecule has 2 aromatic rings. The standard InChI is InChI=1S/C15H18N4O2S2/c1-10(20)17-15(18-11-4-3-5-12(21)6-11)19-14(2,8-23-15)13-7-16-9-22-13/h3-7,9,18-19,21H,8H2,1-2H3,(H,17,20). The number of amides is 1. The number of phenolic OH excluding ortho intramolecular Hbond substituents is 1. The summed E-state index contributed by atoms with van der Waals surface area (Å²) in [6.07, 6.45) is 1.84. The summed E-state index contributed by atoms with van der Waals surface area (Å²) in [7, 11) is 0. The third-order valence-corrected chi connectivity index (χ3v) is 6.02. The van der Waals surface area contributed by atoms with Crippen LogP contribution in [0.25, 0.3) is 0 Å². The smallest absolute Gasteiger partial charge is 0.220 e. The first kappa shape index (κ1) is 16.1. The minimum absolute atomic E-state index is 0.147. The lowest BCUT2D eigenvalue weighted by molar-refractivity contribution is -0.120. The Labute approximate surface area is 142 Å². The summed E-state index contributed by atoms with van der Waals surface area (Å²) in [5, 5.41) is 18.5. The first-order valence-electron chi connectivity index (χ1n) is 7.09. The molecule has 6 nitrogen and oxygen atoms in total. The van der Waals surface area contributed by atoms with Crippen molar-refractivity contribution in [1.29, 1.82) is 0 Å². The number of carbonyl (C=O) groups is 1. The van der Waals surface area contributed by atoms with Crippen LogP contribution < -0.4 is 16.0 Å². The summed E-state index contributed by atoms with van der Waals surface area (Å²) < 4.78 is 0. The van der Waals surface area contributed by atoms with Gasteiger partial charge in [0, 0.05) is 35.5 Å². The highest BCUT2D eigenvalue weighted by Crippen LogP contribution is 2.41. The SMILES string of the molecule is CC(=O)NC1(Nc2cccc(O)c2)NC(C)(c2cncs2)CS1. The van der Waals surface area contributed by atoms with Crippen molar-refractivity contribution in [2.45, 2.75) is 24.5 Å². The average Bonchev–Trinajstić information content (AvgIpc) is 3.08. The zero-order valence-electron chi connectivity index (χ0n) is 12.8. The van der Waals surface area contributed by atoms with Crippen LogP contribution in [0.1, 0.15) is 18.7 Å². The maximum atomic E-state index is 11.7. The predicted octanol–water partition coefficient (Wildman–Crippen LogP) is 2.26. The Hall–Kier alpha value is -1.77. The molecule has 0 saturated carbocycles. The number of rotatable bonds is 4. The Morgan fingerprint density at radius 3 is 2.96 bits per heavy atom. The maximum Gasteiger partial charge on any atom is 0.220 e. The van der Waals surface area contributed by atoms with Gasteiger partial charge in [-0.2, -0.15) is 0 Å². The van der Waals surface area contributed by atoms with Crippen molar-refractivity contribution in [3.8, 4) is 5.75 Å². The molecule has 1 aliphatic rings. The number of thioether (sulfide) groups is 1. The van der Waals surface area contributed by atoms with Gasteiger partial charge in [0.15, 0.2) is 0 Å². The third kappa shape index (κ3) is 3.44. The molecule has 1 aromatic carbocycles. The molecular formula is C15H18N4O2S2. The minimum Gasteiger partial charge on any atom is -0.508 e. The molecule has 1 amide bonds. The summed E-state index contributed by atoms with van der Waals surface area (Å²) in [5.74, 6) is 0.786. The Bertz CT molecular complexity index is 709. The van der Waals surface area contributed by atoms with Gasteiger partial charge in [-0.15, -0.1) is 11.3 Å². The molecule has 0 spiro atoms. The Kier molecular flexibility index (Phi) is 4.22. The molecule has 23 heavy (non-hydrogen) atoms. The molecule has 122 valence electrons. The molecule has 3 rings (SSSR count). The van der Waals surface area contributed by atoms with E-state index in [1.165, 1.54) is 6.92 Å². The number of anilines is 1. The van der Waals surface area contributed by atoms with E-state index in [1.807, 2.05) is 12.3 Å². The van der Waals surface area contributed by atoms with E-state index in [0.29, 0.717) is 5.69 Å². The van der Waals surface area contributed by atoms with Crippen molar-refractivity contribution in [2.24, 2.45) is 0 Å². The molecule has 1 aliphatic heterocycles. The summed E-state index contributed by atoms with van der Waals surface area (Å²) >= 11 is 3.15. The van der Waals surface area contributed by atoms with Gasteiger partial charge in [-0.25, -0.2) is 0 Å². The number of carbonyl (C=O) groups excluding carboxylic acids is 1. The van der Waals surface area contributed by atoms with E-state index in [1.54, 1.807) is 46.8 Å². The fourth-order valence-electron chi connectivity index (χ4n) is 2.54. The lowest BCUT2D eigenvalue weighted by atomic mass is 10.0. The second kappa shape index (κ2) is 6.03. The molecule has 1 saturated heterocycles. The predicted molar refractivity (Wildman–Crippen MR) is 93.3 cm³/mol. The van der Waals surface area contributed by atoms with Gasteiger partial charge < -0.3 is 15.7 Å². The molecule has 2 atom stereocenters. The summed E-state index contributed by atoms with van der Waals surface area (Å²) in [4.78, 5) is 16.9. The fourth-order valence-corrected chi connectivity index (χ4v) is 4.80. The van der Waals surface area contributed by atoms with Crippen molar-refractivity contribution in [3.05, 3.63) is 40.8 Å². The Morgan fingerprint density at radius 1 is 1.48 bits per heavy atom. The van der Waals surface area contributed by atoms with Gasteiger partial charge in [0.1, 0.15) is 5.75 Å². The van der Waals surface area contributed by atoms with Crippen molar-refractivity contribution in [2.75, 3.05) is 11.1 Å². The summed E-state index contributed by atoms with van der Waals surface area (Å²) in [6, 6.07) is 6.82. The highest BCUT2D eigenvalue weighted by atomic mass is 32.2. The minimum atomic E-state index is -0.849. The first-order valence-corrected chi connectivity index (χ1v) is 8.96. The number of hydrogen-bond acceptors (Lipinski definition) is 7. The van der Waals surface area contributed by atoms with Crippen LogP contribution in [0.2, 0.25) is 0 Å². The molecule has 1 aromatic heterocycles. The lowest BCUT2D eigenvalue weighted by Crippen LogP contribution is -2.61. The molecule has 1 fully saturated rings. The molecule has 4 N–H and O–H groups in total. The number of hydrogen-bond donors (Lipinski definition) is 4. The molecular weight excluding hydrogens is 332 g/mol. The van der Waals surface area contributed by atoms with E-state index in [0.717, 1.165) is 10.6 Å². The van der Waals surface area contributed by atoms with Gasteiger partial charge in [-0.1, -0.05) is 17.8 Å². The van der Waals surface area contributed by atoms with Crippen LogP contribution in [0.4, 0.5) is 5.69 Å². The van der Waals surface area contributed by atoms with Gasteiger partial charge in [-0.3, -0.25) is 15.1 Å². The first-order chi connectivity index (χ1) is 10.9. The summed E-state index contributed by atoms with van der Waals surface area (Å²) in [5.41, 5.74) is 2.21. The van der Waals surface area contributed by atoms with Gasteiger partial charge in [0.25, 0.3) is 0 Å². The number of thiazole rings is 1. The van der Waals surface area contributed by atoms with Gasteiger partial charge in [0.05, 0.1) is 11.0 Å². The van der Waals surface area contributed by atoms with E-state index in [4.69, 9.17) is 0 Å². The monoisotopic (exact) mass is 350 g/mol. The van der Waals surface area contributed by atoms with E-state index < -0.39 is 5.12 Å². The van der Waals surface area contributed by atoms with E-state index in [9.17, 15) is 9.90 Å².